The van der Waals surface area contributed by atoms with Crippen molar-refractivity contribution in [3.63, 3.8) is 0 Å². The molecule has 0 saturated heterocycles. The van der Waals surface area contributed by atoms with Crippen molar-refractivity contribution in [2.45, 2.75) is 39.2 Å². The lowest BCUT2D eigenvalue weighted by Gasteiger charge is -2.27. The fraction of sp³-hybridized carbons (Fsp3) is 0.727. The van der Waals surface area contributed by atoms with Crippen LogP contribution in [0.15, 0.2) is 0 Å². The normalized spacial score (nSPS) is 21.7. The summed E-state index contributed by atoms with van der Waals surface area (Å²) in [7, 11) is 1.51. The van der Waals surface area contributed by atoms with E-state index in [1.807, 2.05) is 0 Å². The van der Waals surface area contributed by atoms with Crippen molar-refractivity contribution < 1.29 is 4.74 Å². The Kier molecular flexibility index (Phi) is 3.51. The predicted molar refractivity (Wildman–Crippen MR) is 69.2 cm³/mol. The van der Waals surface area contributed by atoms with Gasteiger partial charge in [0.2, 0.25) is 11.9 Å². The van der Waals surface area contributed by atoms with Gasteiger partial charge in [-0.1, -0.05) is 20.3 Å². The number of nitrogens with two attached hydrogens (primary N) is 1. The molecule has 0 aliphatic heterocycles. The molecule has 2 rings (SSSR count). The third-order valence-corrected chi connectivity index (χ3v) is 3.49. The summed E-state index contributed by atoms with van der Waals surface area (Å²) in [4.78, 5) is 12.3. The first-order chi connectivity index (χ1) is 8.55. The van der Waals surface area contributed by atoms with Gasteiger partial charge in [0.15, 0.2) is 0 Å². The van der Waals surface area contributed by atoms with Crippen LogP contribution in [0.2, 0.25) is 0 Å². The number of rotatable bonds is 4. The maximum atomic E-state index is 5.32. The second-order valence-electron chi connectivity index (χ2n) is 5.19. The van der Waals surface area contributed by atoms with Crippen molar-refractivity contribution in [3.8, 4) is 6.01 Å². The SMILES string of the molecule is COc1nc(NN)nc(NC2CCCC2(C)C)n1. The van der Waals surface area contributed by atoms with E-state index in [0.717, 1.165) is 6.42 Å². The highest BCUT2D eigenvalue weighted by Crippen LogP contribution is 2.38. The zero-order valence-electron chi connectivity index (χ0n) is 11.0. The van der Waals surface area contributed by atoms with Crippen LogP contribution in [-0.4, -0.2) is 28.1 Å². The fourth-order valence-corrected chi connectivity index (χ4v) is 2.33. The van der Waals surface area contributed by atoms with Crippen LogP contribution >= 0.6 is 0 Å². The van der Waals surface area contributed by atoms with Crippen molar-refractivity contribution in [2.75, 3.05) is 17.9 Å². The van der Waals surface area contributed by atoms with E-state index in [1.165, 1.54) is 20.0 Å². The Morgan fingerprint density at radius 2 is 2.00 bits per heavy atom. The Labute approximate surface area is 107 Å². The molecule has 1 unspecified atom stereocenters. The summed E-state index contributed by atoms with van der Waals surface area (Å²) in [5.41, 5.74) is 2.65. The van der Waals surface area contributed by atoms with Gasteiger partial charge < -0.3 is 10.1 Å². The van der Waals surface area contributed by atoms with Gasteiger partial charge in [0.05, 0.1) is 7.11 Å². The maximum absolute atomic E-state index is 5.32. The quantitative estimate of drug-likeness (QED) is 0.546. The molecule has 1 aliphatic rings. The van der Waals surface area contributed by atoms with Crippen molar-refractivity contribution in [1.82, 2.24) is 15.0 Å². The average Bonchev–Trinajstić information content (AvgIpc) is 2.68. The predicted octanol–water partition coefficient (Wildman–Crippen LogP) is 1.16. The number of nitrogens with one attached hydrogen (secondary N) is 2. The van der Waals surface area contributed by atoms with Crippen LogP contribution in [0.4, 0.5) is 11.9 Å². The number of hydrogen-bond donors (Lipinski definition) is 3. The highest BCUT2D eigenvalue weighted by atomic mass is 16.5. The third-order valence-electron chi connectivity index (χ3n) is 3.49. The molecule has 0 bridgehead atoms. The molecule has 4 N–H and O–H groups in total. The van der Waals surface area contributed by atoms with E-state index in [0.29, 0.717) is 17.9 Å². The summed E-state index contributed by atoms with van der Waals surface area (Å²) in [6.07, 6.45) is 3.54. The van der Waals surface area contributed by atoms with Crippen molar-refractivity contribution in [1.29, 1.82) is 0 Å². The molecule has 1 aromatic rings. The maximum Gasteiger partial charge on any atom is 0.322 e. The topological polar surface area (TPSA) is 98.0 Å². The number of ether oxygens (including phenoxy) is 1. The van der Waals surface area contributed by atoms with Gasteiger partial charge >= 0.3 is 6.01 Å². The highest BCUT2D eigenvalue weighted by Gasteiger charge is 2.34. The van der Waals surface area contributed by atoms with Gasteiger partial charge in [-0.2, -0.15) is 15.0 Å². The Bertz CT molecular complexity index is 400. The van der Waals surface area contributed by atoms with Gasteiger partial charge in [-0.05, 0) is 18.3 Å². The van der Waals surface area contributed by atoms with Crippen LogP contribution in [0.5, 0.6) is 6.01 Å². The first kappa shape index (κ1) is 12.8. The number of nitrogens with zero attached hydrogens (tertiary/aromatic N) is 3. The molecule has 1 fully saturated rings. The third kappa shape index (κ3) is 2.61. The molecular weight excluding hydrogens is 232 g/mol. The molecule has 7 heteroatoms. The molecule has 7 nitrogen and oxygen atoms in total. The Morgan fingerprint density at radius 3 is 2.56 bits per heavy atom. The van der Waals surface area contributed by atoms with Gasteiger partial charge in [-0.3, -0.25) is 5.43 Å². The zero-order chi connectivity index (χ0) is 13.2. The molecule has 1 saturated carbocycles. The summed E-state index contributed by atoms with van der Waals surface area (Å²) in [5, 5.41) is 3.34. The van der Waals surface area contributed by atoms with Crippen LogP contribution in [-0.2, 0) is 0 Å². The molecule has 100 valence electrons. The van der Waals surface area contributed by atoms with Gasteiger partial charge in [0, 0.05) is 6.04 Å². The first-order valence-corrected chi connectivity index (χ1v) is 6.08. The van der Waals surface area contributed by atoms with E-state index in [4.69, 9.17) is 10.6 Å². The summed E-state index contributed by atoms with van der Waals surface area (Å²) < 4.78 is 5.02. The molecule has 0 spiro atoms. The summed E-state index contributed by atoms with van der Waals surface area (Å²) >= 11 is 0. The van der Waals surface area contributed by atoms with E-state index in [1.54, 1.807) is 0 Å². The lowest BCUT2D eigenvalue weighted by molar-refractivity contribution is 0.347. The fourth-order valence-electron chi connectivity index (χ4n) is 2.33. The number of methoxy groups -OCH3 is 1. The van der Waals surface area contributed by atoms with Crippen molar-refractivity contribution >= 4 is 11.9 Å². The molecule has 0 amide bonds. The smallest absolute Gasteiger partial charge is 0.322 e. The second kappa shape index (κ2) is 4.93. The summed E-state index contributed by atoms with van der Waals surface area (Å²) in [5.74, 6) is 6.10. The van der Waals surface area contributed by atoms with Crippen LogP contribution in [0.1, 0.15) is 33.1 Å². The lowest BCUT2D eigenvalue weighted by atomic mass is 9.87. The number of anilines is 2. The molecular formula is C11H20N6O. The largest absolute Gasteiger partial charge is 0.467 e. The standard InChI is InChI=1S/C11H20N6O/c1-11(2)6-4-5-7(11)13-8-14-9(17-12)16-10(15-8)18-3/h7H,4-6,12H2,1-3H3,(H2,13,14,15,16,17). The molecule has 0 radical (unpaired) electrons. The Balaban J connectivity index is 2.18. The van der Waals surface area contributed by atoms with Gasteiger partial charge in [-0.25, -0.2) is 5.84 Å². The number of nitrogen functional groups attached to an aromatic ring is 1. The zero-order valence-corrected chi connectivity index (χ0v) is 11.0. The van der Waals surface area contributed by atoms with E-state index >= 15 is 0 Å². The summed E-state index contributed by atoms with van der Waals surface area (Å²) in [6.45, 7) is 4.50. The van der Waals surface area contributed by atoms with Crippen LogP contribution < -0.4 is 21.3 Å². The molecule has 1 heterocycles. The highest BCUT2D eigenvalue weighted by molar-refractivity contribution is 5.36. The molecule has 1 atom stereocenters. The minimum atomic E-state index is 0.246. The lowest BCUT2D eigenvalue weighted by Crippen LogP contribution is -2.31. The van der Waals surface area contributed by atoms with E-state index in [2.05, 4.69) is 39.5 Å². The molecule has 18 heavy (non-hydrogen) atoms. The van der Waals surface area contributed by atoms with Gasteiger partial charge in [-0.15, -0.1) is 0 Å². The first-order valence-electron chi connectivity index (χ1n) is 6.08. The van der Waals surface area contributed by atoms with E-state index < -0.39 is 0 Å². The molecule has 0 aromatic carbocycles. The van der Waals surface area contributed by atoms with Crippen LogP contribution in [0.25, 0.3) is 0 Å². The Morgan fingerprint density at radius 1 is 1.28 bits per heavy atom. The monoisotopic (exact) mass is 252 g/mol. The van der Waals surface area contributed by atoms with Crippen molar-refractivity contribution in [2.24, 2.45) is 11.3 Å². The number of hydrazine groups is 1. The Hall–Kier alpha value is -1.63. The number of hydrogen-bond acceptors (Lipinski definition) is 7. The van der Waals surface area contributed by atoms with Crippen LogP contribution in [0.3, 0.4) is 0 Å². The van der Waals surface area contributed by atoms with Gasteiger partial charge in [0.25, 0.3) is 0 Å². The van der Waals surface area contributed by atoms with Crippen LogP contribution in [0, 0.1) is 5.41 Å². The summed E-state index contributed by atoms with van der Waals surface area (Å²) in [6, 6.07) is 0.603. The number of aromatic nitrogens is 3. The van der Waals surface area contributed by atoms with E-state index in [-0.39, 0.29) is 11.4 Å². The van der Waals surface area contributed by atoms with Crippen molar-refractivity contribution in [3.05, 3.63) is 0 Å². The molecule has 1 aromatic heterocycles. The minimum absolute atomic E-state index is 0.246. The second-order valence-corrected chi connectivity index (χ2v) is 5.19. The van der Waals surface area contributed by atoms with E-state index in [9.17, 15) is 0 Å². The van der Waals surface area contributed by atoms with Gasteiger partial charge in [0.1, 0.15) is 0 Å². The minimum Gasteiger partial charge on any atom is -0.467 e. The average molecular weight is 252 g/mol. The molecule has 1 aliphatic carbocycles.